The van der Waals surface area contributed by atoms with Crippen molar-refractivity contribution in [2.45, 2.75) is 18.4 Å². The number of ether oxygens (including phenoxy) is 1. The van der Waals surface area contributed by atoms with E-state index in [1.165, 1.54) is 12.8 Å². The molecule has 1 aliphatic heterocycles. The van der Waals surface area contributed by atoms with E-state index in [4.69, 9.17) is 4.74 Å². The van der Waals surface area contributed by atoms with Crippen molar-refractivity contribution >= 4 is 5.82 Å². The predicted molar refractivity (Wildman–Crippen MR) is 45.3 cm³/mol. The Morgan fingerprint density at radius 3 is 3.25 bits per heavy atom. The van der Waals surface area contributed by atoms with E-state index in [9.17, 15) is 0 Å². The minimum atomic E-state index is 0.121. The fourth-order valence-electron chi connectivity index (χ4n) is 1.54. The van der Waals surface area contributed by atoms with Crippen LogP contribution in [0.4, 0.5) is 5.82 Å². The Morgan fingerprint density at radius 1 is 1.50 bits per heavy atom. The molecule has 1 aromatic heterocycles. The highest BCUT2D eigenvalue weighted by molar-refractivity contribution is 5.52. The van der Waals surface area contributed by atoms with Crippen LogP contribution in [0.5, 0.6) is 5.75 Å². The van der Waals surface area contributed by atoms with E-state index in [2.05, 4.69) is 10.3 Å². The van der Waals surface area contributed by atoms with Crippen LogP contribution in [0.3, 0.4) is 0 Å². The standard InChI is InChI=1S/C9H10N2O/c1-2-7-8(10-5-1)11-6-9(12-7)3-4-9/h1-2,5H,3-4,6H2,(H,10,11). The molecule has 3 nitrogen and oxygen atoms in total. The second-order valence-electron chi connectivity index (χ2n) is 3.49. The second-order valence-corrected chi connectivity index (χ2v) is 3.49. The molecule has 0 aromatic carbocycles. The molecule has 0 unspecified atom stereocenters. The molecular formula is C9H10N2O. The first-order valence-electron chi connectivity index (χ1n) is 4.26. The van der Waals surface area contributed by atoms with Crippen LogP contribution in [0.15, 0.2) is 18.3 Å². The number of aromatic nitrogens is 1. The molecule has 0 amide bonds. The number of pyridine rings is 1. The lowest BCUT2D eigenvalue weighted by molar-refractivity contribution is 0.183. The molecule has 2 aliphatic rings. The normalized spacial score (nSPS) is 22.3. The van der Waals surface area contributed by atoms with Gasteiger partial charge in [-0.1, -0.05) is 0 Å². The zero-order chi connectivity index (χ0) is 8.02. The molecule has 1 fully saturated rings. The summed E-state index contributed by atoms with van der Waals surface area (Å²) < 4.78 is 5.81. The Balaban J connectivity index is 2.01. The molecule has 1 saturated carbocycles. The van der Waals surface area contributed by atoms with E-state index in [1.54, 1.807) is 6.20 Å². The zero-order valence-electron chi connectivity index (χ0n) is 6.71. The van der Waals surface area contributed by atoms with Crippen LogP contribution in [0.1, 0.15) is 12.8 Å². The molecule has 2 heterocycles. The molecule has 1 spiro atoms. The van der Waals surface area contributed by atoms with Gasteiger partial charge in [-0.05, 0) is 25.0 Å². The van der Waals surface area contributed by atoms with Crippen molar-refractivity contribution in [2.24, 2.45) is 0 Å². The summed E-state index contributed by atoms with van der Waals surface area (Å²) in [7, 11) is 0. The molecule has 3 rings (SSSR count). The smallest absolute Gasteiger partial charge is 0.168 e. The van der Waals surface area contributed by atoms with E-state index in [1.807, 2.05) is 12.1 Å². The Bertz CT molecular complexity index is 320. The summed E-state index contributed by atoms with van der Waals surface area (Å²) in [5.41, 5.74) is 0.121. The third-order valence-electron chi connectivity index (χ3n) is 2.48. The topological polar surface area (TPSA) is 34.1 Å². The maximum absolute atomic E-state index is 5.81. The highest BCUT2D eigenvalue weighted by atomic mass is 16.5. The Kier molecular flexibility index (Phi) is 1.00. The van der Waals surface area contributed by atoms with Crippen LogP contribution < -0.4 is 10.1 Å². The average Bonchev–Trinajstić information content (AvgIpc) is 2.85. The highest BCUT2D eigenvalue weighted by Crippen LogP contribution is 2.44. The van der Waals surface area contributed by atoms with Crippen molar-refractivity contribution in [3.05, 3.63) is 18.3 Å². The maximum Gasteiger partial charge on any atom is 0.168 e. The Hall–Kier alpha value is -1.25. The van der Waals surface area contributed by atoms with Gasteiger partial charge in [0, 0.05) is 6.20 Å². The average molecular weight is 162 g/mol. The summed E-state index contributed by atoms with van der Waals surface area (Å²) in [4.78, 5) is 4.18. The van der Waals surface area contributed by atoms with Crippen molar-refractivity contribution in [3.63, 3.8) is 0 Å². The van der Waals surface area contributed by atoms with E-state index < -0.39 is 0 Å². The summed E-state index contributed by atoms with van der Waals surface area (Å²) in [6.07, 6.45) is 4.13. The molecule has 1 aromatic rings. The molecule has 0 radical (unpaired) electrons. The van der Waals surface area contributed by atoms with E-state index in [0.29, 0.717) is 0 Å². The number of hydrogen-bond donors (Lipinski definition) is 1. The molecule has 1 aliphatic carbocycles. The van der Waals surface area contributed by atoms with E-state index >= 15 is 0 Å². The summed E-state index contributed by atoms with van der Waals surface area (Å²) in [5.74, 6) is 1.79. The van der Waals surface area contributed by atoms with Gasteiger partial charge in [0.25, 0.3) is 0 Å². The largest absolute Gasteiger partial charge is 0.482 e. The monoisotopic (exact) mass is 162 g/mol. The number of anilines is 1. The van der Waals surface area contributed by atoms with Crippen LogP contribution in [-0.2, 0) is 0 Å². The zero-order valence-corrected chi connectivity index (χ0v) is 6.71. The summed E-state index contributed by atoms with van der Waals surface area (Å²) in [5, 5.41) is 3.28. The lowest BCUT2D eigenvalue weighted by Gasteiger charge is -2.25. The third-order valence-corrected chi connectivity index (χ3v) is 2.48. The fourth-order valence-corrected chi connectivity index (χ4v) is 1.54. The van der Waals surface area contributed by atoms with Crippen LogP contribution in [0, 0.1) is 0 Å². The van der Waals surface area contributed by atoms with Gasteiger partial charge in [-0.15, -0.1) is 0 Å². The van der Waals surface area contributed by atoms with Gasteiger partial charge >= 0.3 is 0 Å². The molecule has 12 heavy (non-hydrogen) atoms. The molecule has 0 bridgehead atoms. The first-order valence-corrected chi connectivity index (χ1v) is 4.26. The predicted octanol–water partition coefficient (Wildman–Crippen LogP) is 1.42. The quantitative estimate of drug-likeness (QED) is 0.626. The van der Waals surface area contributed by atoms with Gasteiger partial charge in [0.1, 0.15) is 5.60 Å². The number of rotatable bonds is 0. The van der Waals surface area contributed by atoms with Gasteiger partial charge in [-0.2, -0.15) is 0 Å². The highest BCUT2D eigenvalue weighted by Gasteiger charge is 2.47. The van der Waals surface area contributed by atoms with Crippen molar-refractivity contribution < 1.29 is 4.74 Å². The van der Waals surface area contributed by atoms with Crippen molar-refractivity contribution in [1.82, 2.24) is 4.98 Å². The SMILES string of the molecule is c1cnc2c(c1)OC1(CC1)CN2. The Morgan fingerprint density at radius 2 is 2.42 bits per heavy atom. The maximum atomic E-state index is 5.81. The fraction of sp³-hybridized carbons (Fsp3) is 0.444. The summed E-state index contributed by atoms with van der Waals surface area (Å²) >= 11 is 0. The Labute approximate surface area is 70.8 Å². The third kappa shape index (κ3) is 0.793. The lowest BCUT2D eigenvalue weighted by Crippen LogP contribution is -2.32. The van der Waals surface area contributed by atoms with Crippen molar-refractivity contribution in [1.29, 1.82) is 0 Å². The minimum absolute atomic E-state index is 0.121. The minimum Gasteiger partial charge on any atom is -0.482 e. The van der Waals surface area contributed by atoms with Gasteiger partial charge < -0.3 is 10.1 Å². The molecule has 1 N–H and O–H groups in total. The molecular weight excluding hydrogens is 152 g/mol. The molecule has 0 saturated heterocycles. The molecule has 62 valence electrons. The van der Waals surface area contributed by atoms with Crippen LogP contribution in [0.25, 0.3) is 0 Å². The molecule has 0 atom stereocenters. The second kappa shape index (κ2) is 1.91. The molecule has 3 heteroatoms. The number of nitrogens with zero attached hydrogens (tertiary/aromatic N) is 1. The van der Waals surface area contributed by atoms with Crippen LogP contribution in [-0.4, -0.2) is 17.1 Å². The van der Waals surface area contributed by atoms with Crippen molar-refractivity contribution in [3.8, 4) is 5.75 Å². The van der Waals surface area contributed by atoms with E-state index in [-0.39, 0.29) is 5.60 Å². The number of fused-ring (bicyclic) bond motifs is 1. The summed E-state index contributed by atoms with van der Waals surface area (Å²) in [6, 6.07) is 3.87. The van der Waals surface area contributed by atoms with Gasteiger partial charge in [0.2, 0.25) is 0 Å². The number of nitrogens with one attached hydrogen (secondary N) is 1. The first-order chi connectivity index (χ1) is 5.88. The van der Waals surface area contributed by atoms with Crippen LogP contribution in [0.2, 0.25) is 0 Å². The van der Waals surface area contributed by atoms with Crippen molar-refractivity contribution in [2.75, 3.05) is 11.9 Å². The van der Waals surface area contributed by atoms with Gasteiger partial charge in [0.15, 0.2) is 11.6 Å². The number of hydrogen-bond acceptors (Lipinski definition) is 3. The van der Waals surface area contributed by atoms with Gasteiger partial charge in [-0.3, -0.25) is 0 Å². The summed E-state index contributed by atoms with van der Waals surface area (Å²) in [6.45, 7) is 0.914. The lowest BCUT2D eigenvalue weighted by atomic mass is 10.2. The first kappa shape index (κ1) is 6.29. The van der Waals surface area contributed by atoms with Crippen LogP contribution >= 0.6 is 0 Å². The van der Waals surface area contributed by atoms with Gasteiger partial charge in [0.05, 0.1) is 6.54 Å². The van der Waals surface area contributed by atoms with E-state index in [0.717, 1.165) is 18.1 Å². The van der Waals surface area contributed by atoms with Gasteiger partial charge in [-0.25, -0.2) is 4.98 Å².